The summed E-state index contributed by atoms with van der Waals surface area (Å²) in [5, 5.41) is 3.55. The quantitative estimate of drug-likeness (QED) is 0.852. The lowest BCUT2D eigenvalue weighted by Gasteiger charge is -2.26. The molecule has 1 aromatic carbocycles. The number of nitrogens with one attached hydrogen (secondary N) is 1. The molecular weight excluding hydrogens is 238 g/mol. The van der Waals surface area contributed by atoms with E-state index < -0.39 is 0 Å². The second kappa shape index (κ2) is 4.45. The van der Waals surface area contributed by atoms with Gasteiger partial charge in [-0.25, -0.2) is 0 Å². The first kappa shape index (κ1) is 10.2. The monoisotopic (exact) mass is 253 g/mol. The van der Waals surface area contributed by atoms with Gasteiger partial charge in [-0.1, -0.05) is 35.0 Å². The highest BCUT2D eigenvalue weighted by molar-refractivity contribution is 9.10. The molecule has 1 unspecified atom stereocenters. The van der Waals surface area contributed by atoms with Crippen molar-refractivity contribution in [2.75, 3.05) is 6.54 Å². The van der Waals surface area contributed by atoms with Crippen molar-refractivity contribution in [3.05, 3.63) is 33.8 Å². The molecule has 0 aliphatic heterocycles. The molecule has 1 aromatic rings. The van der Waals surface area contributed by atoms with Gasteiger partial charge in [0, 0.05) is 10.5 Å². The van der Waals surface area contributed by atoms with Crippen LogP contribution in [0.3, 0.4) is 0 Å². The summed E-state index contributed by atoms with van der Waals surface area (Å²) in [6.07, 6.45) is 3.79. The Kier molecular flexibility index (Phi) is 3.24. The van der Waals surface area contributed by atoms with Gasteiger partial charge in [-0.2, -0.15) is 0 Å². The molecule has 0 aromatic heterocycles. The van der Waals surface area contributed by atoms with E-state index in [4.69, 9.17) is 0 Å². The minimum Gasteiger partial charge on any atom is -0.310 e. The Morgan fingerprint density at radius 1 is 1.50 bits per heavy atom. The molecular formula is C12H16BrN. The Bertz CT molecular complexity index is 322. The number of rotatable bonds is 2. The van der Waals surface area contributed by atoms with Crippen LogP contribution in [0.15, 0.2) is 22.7 Å². The highest BCUT2D eigenvalue weighted by atomic mass is 79.9. The van der Waals surface area contributed by atoms with E-state index in [-0.39, 0.29) is 0 Å². The smallest absolute Gasteiger partial charge is 0.0323 e. The van der Waals surface area contributed by atoms with Crippen LogP contribution in [-0.4, -0.2) is 6.54 Å². The third kappa shape index (κ3) is 1.86. The zero-order valence-electron chi connectivity index (χ0n) is 8.52. The van der Waals surface area contributed by atoms with Crippen molar-refractivity contribution in [3.8, 4) is 0 Å². The van der Waals surface area contributed by atoms with Gasteiger partial charge in [-0.05, 0) is 43.0 Å². The van der Waals surface area contributed by atoms with Gasteiger partial charge >= 0.3 is 0 Å². The normalized spacial score (nSPS) is 20.6. The van der Waals surface area contributed by atoms with Crippen LogP contribution in [0.4, 0.5) is 0 Å². The van der Waals surface area contributed by atoms with Crippen molar-refractivity contribution >= 4 is 15.9 Å². The predicted molar refractivity (Wildman–Crippen MR) is 63.5 cm³/mol. The third-order valence-corrected chi connectivity index (χ3v) is 3.64. The summed E-state index contributed by atoms with van der Waals surface area (Å²) in [6.45, 7) is 3.23. The van der Waals surface area contributed by atoms with E-state index in [1.807, 2.05) is 0 Å². The zero-order chi connectivity index (χ0) is 9.97. The summed E-state index contributed by atoms with van der Waals surface area (Å²) in [4.78, 5) is 0. The molecule has 0 radical (unpaired) electrons. The molecule has 0 heterocycles. The maximum Gasteiger partial charge on any atom is 0.0323 e. The molecule has 0 spiro atoms. The molecule has 0 saturated carbocycles. The van der Waals surface area contributed by atoms with Crippen LogP contribution in [-0.2, 0) is 6.42 Å². The number of benzene rings is 1. The van der Waals surface area contributed by atoms with E-state index in [2.05, 4.69) is 46.4 Å². The van der Waals surface area contributed by atoms with Gasteiger partial charge in [0.2, 0.25) is 0 Å². The minimum absolute atomic E-state index is 0.571. The van der Waals surface area contributed by atoms with Gasteiger partial charge in [0.25, 0.3) is 0 Å². The van der Waals surface area contributed by atoms with Gasteiger partial charge in [0.1, 0.15) is 0 Å². The summed E-state index contributed by atoms with van der Waals surface area (Å²) in [7, 11) is 0. The van der Waals surface area contributed by atoms with Gasteiger partial charge in [0.15, 0.2) is 0 Å². The average molecular weight is 254 g/mol. The average Bonchev–Trinajstić information content (AvgIpc) is 2.20. The standard InChI is InChI=1S/C12H16BrN/c1-2-14-12-8-4-5-9-10(12)6-3-7-11(9)13/h3,6-7,12,14H,2,4-5,8H2,1H3. The van der Waals surface area contributed by atoms with Gasteiger partial charge in [0.05, 0.1) is 0 Å². The van der Waals surface area contributed by atoms with Crippen LogP contribution in [0.25, 0.3) is 0 Å². The molecule has 1 aliphatic carbocycles. The van der Waals surface area contributed by atoms with Gasteiger partial charge in [-0.15, -0.1) is 0 Å². The molecule has 0 amide bonds. The summed E-state index contributed by atoms with van der Waals surface area (Å²) < 4.78 is 1.28. The molecule has 1 atom stereocenters. The van der Waals surface area contributed by atoms with Crippen molar-refractivity contribution in [2.24, 2.45) is 0 Å². The maximum absolute atomic E-state index is 3.63. The number of hydrogen-bond donors (Lipinski definition) is 1. The highest BCUT2D eigenvalue weighted by Gasteiger charge is 2.20. The van der Waals surface area contributed by atoms with Crippen LogP contribution in [0.2, 0.25) is 0 Å². The van der Waals surface area contributed by atoms with Crippen LogP contribution in [0, 0.1) is 0 Å². The van der Waals surface area contributed by atoms with E-state index in [0.717, 1.165) is 6.54 Å². The molecule has 14 heavy (non-hydrogen) atoms. The first-order valence-electron chi connectivity index (χ1n) is 5.33. The van der Waals surface area contributed by atoms with Crippen molar-refractivity contribution in [3.63, 3.8) is 0 Å². The number of hydrogen-bond acceptors (Lipinski definition) is 1. The van der Waals surface area contributed by atoms with Crippen LogP contribution >= 0.6 is 15.9 Å². The molecule has 0 bridgehead atoms. The first-order chi connectivity index (χ1) is 6.83. The Hall–Kier alpha value is -0.340. The third-order valence-electron chi connectivity index (χ3n) is 2.90. The SMILES string of the molecule is CCNC1CCCc2c(Br)cccc21. The van der Waals surface area contributed by atoms with Crippen molar-refractivity contribution in [1.29, 1.82) is 0 Å². The minimum atomic E-state index is 0.571. The predicted octanol–water partition coefficient (Wildman–Crippen LogP) is 3.44. The fourth-order valence-electron chi connectivity index (χ4n) is 2.26. The Morgan fingerprint density at radius 3 is 3.14 bits per heavy atom. The van der Waals surface area contributed by atoms with Crippen LogP contribution in [0.1, 0.15) is 36.9 Å². The second-order valence-corrected chi connectivity index (χ2v) is 4.66. The van der Waals surface area contributed by atoms with E-state index in [1.54, 1.807) is 0 Å². The molecule has 0 saturated heterocycles. The van der Waals surface area contributed by atoms with Gasteiger partial charge in [-0.3, -0.25) is 0 Å². The first-order valence-corrected chi connectivity index (χ1v) is 6.13. The number of fused-ring (bicyclic) bond motifs is 1. The molecule has 1 nitrogen and oxygen atoms in total. The fourth-order valence-corrected chi connectivity index (χ4v) is 2.84. The van der Waals surface area contributed by atoms with E-state index in [9.17, 15) is 0 Å². The Balaban J connectivity index is 2.34. The van der Waals surface area contributed by atoms with Crippen LogP contribution in [0.5, 0.6) is 0 Å². The molecule has 0 fully saturated rings. The highest BCUT2D eigenvalue weighted by Crippen LogP contribution is 2.33. The topological polar surface area (TPSA) is 12.0 Å². The summed E-state index contributed by atoms with van der Waals surface area (Å²) >= 11 is 3.63. The largest absolute Gasteiger partial charge is 0.310 e. The number of halogens is 1. The molecule has 76 valence electrons. The lowest BCUT2D eigenvalue weighted by Crippen LogP contribution is -2.24. The van der Waals surface area contributed by atoms with Crippen molar-refractivity contribution < 1.29 is 0 Å². The molecule has 1 aliphatic rings. The Morgan fingerprint density at radius 2 is 2.36 bits per heavy atom. The lowest BCUT2D eigenvalue weighted by atomic mass is 9.88. The molecule has 2 heteroatoms. The second-order valence-electron chi connectivity index (χ2n) is 3.81. The zero-order valence-corrected chi connectivity index (χ0v) is 10.1. The fraction of sp³-hybridized carbons (Fsp3) is 0.500. The van der Waals surface area contributed by atoms with E-state index in [1.165, 1.54) is 34.9 Å². The van der Waals surface area contributed by atoms with Gasteiger partial charge < -0.3 is 5.32 Å². The van der Waals surface area contributed by atoms with Crippen molar-refractivity contribution in [2.45, 2.75) is 32.2 Å². The van der Waals surface area contributed by atoms with Crippen molar-refractivity contribution in [1.82, 2.24) is 5.32 Å². The molecule has 2 rings (SSSR count). The summed E-state index contributed by atoms with van der Waals surface area (Å²) in [6, 6.07) is 7.11. The van der Waals surface area contributed by atoms with Crippen LogP contribution < -0.4 is 5.32 Å². The van der Waals surface area contributed by atoms with E-state index in [0.29, 0.717) is 6.04 Å². The summed E-state index contributed by atoms with van der Waals surface area (Å²) in [5.41, 5.74) is 3.00. The molecule has 1 N–H and O–H groups in total. The maximum atomic E-state index is 3.63. The lowest BCUT2D eigenvalue weighted by molar-refractivity contribution is 0.471. The Labute approximate surface area is 94.0 Å². The summed E-state index contributed by atoms with van der Waals surface area (Å²) in [5.74, 6) is 0. The van der Waals surface area contributed by atoms with E-state index >= 15 is 0 Å².